The molecule has 0 aliphatic rings. The second-order valence-corrected chi connectivity index (χ2v) is 3.20. The average Bonchev–Trinajstić information content (AvgIpc) is 2.08. The van der Waals surface area contributed by atoms with Crippen LogP contribution in [0.2, 0.25) is 10.0 Å². The van der Waals surface area contributed by atoms with Gasteiger partial charge in [-0.25, -0.2) is 0 Å². The molecule has 1 aromatic carbocycles. The summed E-state index contributed by atoms with van der Waals surface area (Å²) in [6.45, 7) is 1.90. The van der Waals surface area contributed by atoms with Crippen LogP contribution >= 0.6 is 23.2 Å². The van der Waals surface area contributed by atoms with Crippen LogP contribution in [-0.2, 0) is 0 Å². The molecule has 0 fully saturated rings. The molecule has 0 saturated heterocycles. The van der Waals surface area contributed by atoms with Gasteiger partial charge in [-0.3, -0.25) is 4.99 Å². The number of aliphatic imine (C=N–C) groups is 1. The maximum absolute atomic E-state index is 5.95. The van der Waals surface area contributed by atoms with Gasteiger partial charge in [0.1, 0.15) is 0 Å². The summed E-state index contributed by atoms with van der Waals surface area (Å²) in [6, 6.07) is 5.52. The van der Waals surface area contributed by atoms with Gasteiger partial charge in [-0.05, 0) is 13.0 Å². The van der Waals surface area contributed by atoms with Gasteiger partial charge in [0.25, 0.3) is 0 Å². The van der Waals surface area contributed by atoms with E-state index in [0.717, 1.165) is 11.3 Å². The molecular formula is C9H9Cl2N. The highest BCUT2D eigenvalue weighted by Gasteiger charge is 2.05. The van der Waals surface area contributed by atoms with Crippen molar-refractivity contribution in [1.82, 2.24) is 0 Å². The molecule has 1 aromatic rings. The third-order valence-electron chi connectivity index (χ3n) is 1.68. The molecule has 0 saturated carbocycles. The van der Waals surface area contributed by atoms with Crippen LogP contribution in [0.5, 0.6) is 0 Å². The van der Waals surface area contributed by atoms with Gasteiger partial charge in [0, 0.05) is 18.3 Å². The van der Waals surface area contributed by atoms with Crippen molar-refractivity contribution in [1.29, 1.82) is 0 Å². The predicted molar refractivity (Wildman–Crippen MR) is 54.6 cm³/mol. The molecule has 0 radical (unpaired) electrons. The molecule has 0 N–H and O–H groups in total. The van der Waals surface area contributed by atoms with Gasteiger partial charge in [0.05, 0.1) is 10.0 Å². The molecule has 0 amide bonds. The maximum atomic E-state index is 5.95. The molecule has 0 aliphatic carbocycles. The van der Waals surface area contributed by atoms with E-state index < -0.39 is 0 Å². The zero-order valence-corrected chi connectivity index (χ0v) is 8.45. The minimum Gasteiger partial charge on any atom is -0.293 e. The van der Waals surface area contributed by atoms with E-state index in [1.54, 1.807) is 13.1 Å². The SMILES string of the molecule is CN=C(C)c1cccc(Cl)c1Cl. The molecule has 0 bridgehead atoms. The van der Waals surface area contributed by atoms with Crippen molar-refractivity contribution in [2.24, 2.45) is 4.99 Å². The van der Waals surface area contributed by atoms with Gasteiger partial charge in [0.2, 0.25) is 0 Å². The van der Waals surface area contributed by atoms with E-state index in [4.69, 9.17) is 23.2 Å². The molecule has 0 atom stereocenters. The second-order valence-electron chi connectivity index (χ2n) is 2.41. The van der Waals surface area contributed by atoms with Crippen molar-refractivity contribution in [2.75, 3.05) is 7.05 Å². The lowest BCUT2D eigenvalue weighted by Crippen LogP contribution is -1.95. The maximum Gasteiger partial charge on any atom is 0.0682 e. The lowest BCUT2D eigenvalue weighted by Gasteiger charge is -2.03. The van der Waals surface area contributed by atoms with Crippen molar-refractivity contribution in [3.8, 4) is 0 Å². The van der Waals surface area contributed by atoms with E-state index in [-0.39, 0.29) is 0 Å². The van der Waals surface area contributed by atoms with Crippen LogP contribution in [0.1, 0.15) is 12.5 Å². The highest BCUT2D eigenvalue weighted by atomic mass is 35.5. The summed E-state index contributed by atoms with van der Waals surface area (Å²) in [5, 5.41) is 1.14. The van der Waals surface area contributed by atoms with E-state index in [0.29, 0.717) is 10.0 Å². The van der Waals surface area contributed by atoms with E-state index in [1.807, 2.05) is 19.1 Å². The summed E-state index contributed by atoms with van der Waals surface area (Å²) in [4.78, 5) is 4.03. The van der Waals surface area contributed by atoms with Crippen molar-refractivity contribution in [3.63, 3.8) is 0 Å². The monoisotopic (exact) mass is 201 g/mol. The first kappa shape index (κ1) is 9.56. The van der Waals surface area contributed by atoms with Gasteiger partial charge in [-0.1, -0.05) is 35.3 Å². The van der Waals surface area contributed by atoms with Gasteiger partial charge in [-0.15, -0.1) is 0 Å². The molecule has 12 heavy (non-hydrogen) atoms. The molecule has 0 aliphatic heterocycles. The van der Waals surface area contributed by atoms with Crippen molar-refractivity contribution in [2.45, 2.75) is 6.92 Å². The zero-order chi connectivity index (χ0) is 9.14. The Labute approximate surface area is 82.0 Å². The normalized spacial score (nSPS) is 11.8. The Hall–Kier alpha value is -0.530. The Kier molecular flexibility index (Phi) is 3.12. The van der Waals surface area contributed by atoms with Crippen molar-refractivity contribution in [3.05, 3.63) is 33.8 Å². The first-order chi connectivity index (χ1) is 5.66. The summed E-state index contributed by atoms with van der Waals surface area (Å²) >= 11 is 11.8. The summed E-state index contributed by atoms with van der Waals surface area (Å²) < 4.78 is 0. The summed E-state index contributed by atoms with van der Waals surface area (Å²) in [5.74, 6) is 0. The van der Waals surface area contributed by atoms with Gasteiger partial charge in [-0.2, -0.15) is 0 Å². The van der Waals surface area contributed by atoms with Crippen LogP contribution in [0.15, 0.2) is 23.2 Å². The molecule has 0 heterocycles. The van der Waals surface area contributed by atoms with Crippen LogP contribution in [0.3, 0.4) is 0 Å². The van der Waals surface area contributed by atoms with E-state index >= 15 is 0 Å². The number of nitrogens with zero attached hydrogens (tertiary/aromatic N) is 1. The zero-order valence-electron chi connectivity index (χ0n) is 6.94. The quantitative estimate of drug-likeness (QED) is 0.618. The third kappa shape index (κ3) is 1.79. The molecule has 3 heteroatoms. The van der Waals surface area contributed by atoms with Gasteiger partial charge >= 0.3 is 0 Å². The molecule has 0 spiro atoms. The molecule has 64 valence electrons. The Morgan fingerprint density at radius 1 is 1.33 bits per heavy atom. The fraction of sp³-hybridized carbons (Fsp3) is 0.222. The lowest BCUT2D eigenvalue weighted by atomic mass is 10.1. The minimum atomic E-state index is 0.567. The van der Waals surface area contributed by atoms with Crippen molar-refractivity contribution < 1.29 is 0 Å². The summed E-state index contributed by atoms with van der Waals surface area (Å²) in [5.41, 5.74) is 1.79. The summed E-state index contributed by atoms with van der Waals surface area (Å²) in [7, 11) is 1.73. The van der Waals surface area contributed by atoms with Gasteiger partial charge < -0.3 is 0 Å². The molecule has 1 rings (SSSR count). The number of benzene rings is 1. The fourth-order valence-corrected chi connectivity index (χ4v) is 1.34. The second kappa shape index (κ2) is 3.92. The number of halogens is 2. The van der Waals surface area contributed by atoms with Crippen molar-refractivity contribution >= 4 is 28.9 Å². The smallest absolute Gasteiger partial charge is 0.0682 e. The largest absolute Gasteiger partial charge is 0.293 e. The van der Waals surface area contributed by atoms with E-state index in [1.165, 1.54) is 0 Å². The van der Waals surface area contributed by atoms with Gasteiger partial charge in [0.15, 0.2) is 0 Å². The summed E-state index contributed by atoms with van der Waals surface area (Å²) in [6.07, 6.45) is 0. The average molecular weight is 202 g/mol. The predicted octanol–water partition coefficient (Wildman–Crippen LogP) is 3.43. The third-order valence-corrected chi connectivity index (χ3v) is 2.50. The van der Waals surface area contributed by atoms with Crippen LogP contribution in [0, 0.1) is 0 Å². The van der Waals surface area contributed by atoms with E-state index in [2.05, 4.69) is 4.99 Å². The fourth-order valence-electron chi connectivity index (χ4n) is 0.904. The number of hydrogen-bond donors (Lipinski definition) is 0. The Balaban J connectivity index is 3.26. The van der Waals surface area contributed by atoms with Crippen LogP contribution in [-0.4, -0.2) is 12.8 Å². The highest BCUT2D eigenvalue weighted by Crippen LogP contribution is 2.25. The first-order valence-corrected chi connectivity index (χ1v) is 4.30. The first-order valence-electron chi connectivity index (χ1n) is 3.54. The van der Waals surface area contributed by atoms with Crippen LogP contribution in [0.4, 0.5) is 0 Å². The minimum absolute atomic E-state index is 0.567. The molecule has 1 nitrogen and oxygen atoms in total. The Bertz CT molecular complexity index is 318. The van der Waals surface area contributed by atoms with E-state index in [9.17, 15) is 0 Å². The van der Waals surface area contributed by atoms with Crippen LogP contribution < -0.4 is 0 Å². The Morgan fingerprint density at radius 2 is 2.00 bits per heavy atom. The highest BCUT2D eigenvalue weighted by molar-refractivity contribution is 6.44. The number of rotatable bonds is 1. The number of hydrogen-bond acceptors (Lipinski definition) is 1. The standard InChI is InChI=1S/C9H9Cl2N/c1-6(12-2)7-4-3-5-8(10)9(7)11/h3-5H,1-2H3. The molecule has 0 aromatic heterocycles. The Morgan fingerprint density at radius 3 is 2.58 bits per heavy atom. The topological polar surface area (TPSA) is 12.4 Å². The molecule has 0 unspecified atom stereocenters. The van der Waals surface area contributed by atoms with Crippen LogP contribution in [0.25, 0.3) is 0 Å². The lowest BCUT2D eigenvalue weighted by molar-refractivity contribution is 1.41. The molecular weight excluding hydrogens is 193 g/mol.